The van der Waals surface area contributed by atoms with Crippen molar-refractivity contribution in [1.82, 2.24) is 9.78 Å². The highest BCUT2D eigenvalue weighted by Gasteiger charge is 2.22. The number of benzene rings is 1. The highest BCUT2D eigenvalue weighted by molar-refractivity contribution is 5.40. The largest absolute Gasteiger partial charge is 0.497 e. The first-order valence-electron chi connectivity index (χ1n) is 6.19. The van der Waals surface area contributed by atoms with E-state index >= 15 is 0 Å². The minimum absolute atomic E-state index is 0.360. The molecule has 18 heavy (non-hydrogen) atoms. The van der Waals surface area contributed by atoms with Crippen LogP contribution in [0, 0.1) is 0 Å². The number of hydrogen-bond acceptors (Lipinski definition) is 3. The van der Waals surface area contributed by atoms with Gasteiger partial charge in [-0.15, -0.1) is 0 Å². The van der Waals surface area contributed by atoms with Crippen LogP contribution in [0.5, 0.6) is 5.75 Å². The molecule has 1 aromatic carbocycles. The zero-order valence-corrected chi connectivity index (χ0v) is 10.3. The van der Waals surface area contributed by atoms with E-state index in [9.17, 15) is 5.11 Å². The Kier molecular flexibility index (Phi) is 2.80. The molecule has 94 valence electrons. The van der Waals surface area contributed by atoms with Crippen LogP contribution in [0.1, 0.15) is 30.2 Å². The van der Waals surface area contributed by atoms with Gasteiger partial charge in [-0.3, -0.25) is 0 Å². The Balaban J connectivity index is 2.01. The van der Waals surface area contributed by atoms with Crippen molar-refractivity contribution in [3.63, 3.8) is 0 Å². The van der Waals surface area contributed by atoms with Crippen LogP contribution in [0.3, 0.4) is 0 Å². The second kappa shape index (κ2) is 4.46. The predicted molar refractivity (Wildman–Crippen MR) is 68.0 cm³/mol. The number of hydrogen-bond donors (Lipinski definition) is 1. The van der Waals surface area contributed by atoms with Crippen LogP contribution in [0.2, 0.25) is 0 Å². The summed E-state index contributed by atoms with van der Waals surface area (Å²) in [6.45, 7) is 0. The first-order valence-corrected chi connectivity index (χ1v) is 6.19. The number of ether oxygens (including phenoxy) is 1. The fraction of sp³-hybridized carbons (Fsp3) is 0.357. The summed E-state index contributed by atoms with van der Waals surface area (Å²) < 4.78 is 7.06. The molecule has 1 N–H and O–H groups in total. The molecule has 1 aliphatic rings. The molecule has 0 saturated carbocycles. The molecule has 3 rings (SSSR count). The Morgan fingerprint density at radius 2 is 2.11 bits per heavy atom. The maximum absolute atomic E-state index is 9.93. The summed E-state index contributed by atoms with van der Waals surface area (Å²) in [4.78, 5) is 0. The Hall–Kier alpha value is -1.81. The Bertz CT molecular complexity index is 545. The van der Waals surface area contributed by atoms with Crippen molar-refractivity contribution in [3.05, 3.63) is 41.7 Å². The highest BCUT2D eigenvalue weighted by Crippen LogP contribution is 2.30. The molecule has 1 unspecified atom stereocenters. The fourth-order valence-corrected chi connectivity index (χ4v) is 2.48. The lowest BCUT2D eigenvalue weighted by molar-refractivity contribution is 0.156. The number of aromatic nitrogens is 2. The van der Waals surface area contributed by atoms with Crippen LogP contribution in [0.4, 0.5) is 0 Å². The van der Waals surface area contributed by atoms with E-state index in [0.29, 0.717) is 0 Å². The molecule has 1 aliphatic carbocycles. The molecular weight excluding hydrogens is 228 g/mol. The second-order valence-corrected chi connectivity index (χ2v) is 4.56. The van der Waals surface area contributed by atoms with E-state index in [0.717, 1.165) is 42.0 Å². The minimum Gasteiger partial charge on any atom is -0.497 e. The minimum atomic E-state index is -0.360. The van der Waals surface area contributed by atoms with Crippen LogP contribution >= 0.6 is 0 Å². The summed E-state index contributed by atoms with van der Waals surface area (Å²) in [7, 11) is 1.65. The molecule has 4 nitrogen and oxygen atoms in total. The number of methoxy groups -OCH3 is 1. The van der Waals surface area contributed by atoms with Crippen LogP contribution < -0.4 is 4.74 Å². The quantitative estimate of drug-likeness (QED) is 0.881. The van der Waals surface area contributed by atoms with Crippen molar-refractivity contribution in [3.8, 4) is 11.4 Å². The summed E-state index contributed by atoms with van der Waals surface area (Å²) in [6, 6.07) is 7.80. The molecule has 0 bridgehead atoms. The van der Waals surface area contributed by atoms with Gasteiger partial charge in [-0.1, -0.05) is 0 Å². The summed E-state index contributed by atoms with van der Waals surface area (Å²) in [5.41, 5.74) is 3.10. The van der Waals surface area contributed by atoms with Crippen LogP contribution in [-0.4, -0.2) is 22.0 Å². The molecule has 0 fully saturated rings. The number of aliphatic hydroxyl groups is 1. The van der Waals surface area contributed by atoms with Gasteiger partial charge >= 0.3 is 0 Å². The monoisotopic (exact) mass is 244 g/mol. The van der Waals surface area contributed by atoms with Gasteiger partial charge in [0.1, 0.15) is 5.75 Å². The van der Waals surface area contributed by atoms with Crippen molar-refractivity contribution in [2.75, 3.05) is 7.11 Å². The SMILES string of the molecule is COc1ccc(-n2ncc3c2CCCC3O)cc1. The number of rotatable bonds is 2. The van der Waals surface area contributed by atoms with E-state index in [-0.39, 0.29) is 6.10 Å². The number of nitrogens with zero attached hydrogens (tertiary/aromatic N) is 2. The summed E-state index contributed by atoms with van der Waals surface area (Å²) in [6.07, 6.45) is 4.24. The van der Waals surface area contributed by atoms with Gasteiger partial charge in [0.25, 0.3) is 0 Å². The van der Waals surface area contributed by atoms with Gasteiger partial charge in [0.2, 0.25) is 0 Å². The molecule has 1 aromatic heterocycles. The van der Waals surface area contributed by atoms with Gasteiger partial charge in [-0.2, -0.15) is 5.10 Å². The Morgan fingerprint density at radius 3 is 2.83 bits per heavy atom. The van der Waals surface area contributed by atoms with Crippen LogP contribution in [0.15, 0.2) is 30.5 Å². The molecular formula is C14H16N2O2. The molecule has 0 aliphatic heterocycles. The van der Waals surface area contributed by atoms with Gasteiger partial charge in [0.05, 0.1) is 30.8 Å². The summed E-state index contributed by atoms with van der Waals surface area (Å²) >= 11 is 0. The van der Waals surface area contributed by atoms with Gasteiger partial charge in [-0.25, -0.2) is 4.68 Å². The van der Waals surface area contributed by atoms with E-state index in [1.54, 1.807) is 13.3 Å². The fourth-order valence-electron chi connectivity index (χ4n) is 2.48. The molecule has 0 radical (unpaired) electrons. The van der Waals surface area contributed by atoms with Gasteiger partial charge < -0.3 is 9.84 Å². The normalized spacial score (nSPS) is 18.4. The topological polar surface area (TPSA) is 47.3 Å². The molecule has 0 amide bonds. The van der Waals surface area contributed by atoms with E-state index in [4.69, 9.17) is 4.74 Å². The van der Waals surface area contributed by atoms with Gasteiger partial charge in [-0.05, 0) is 43.5 Å². The van der Waals surface area contributed by atoms with E-state index < -0.39 is 0 Å². The van der Waals surface area contributed by atoms with Crippen molar-refractivity contribution >= 4 is 0 Å². The zero-order chi connectivity index (χ0) is 12.5. The smallest absolute Gasteiger partial charge is 0.119 e. The van der Waals surface area contributed by atoms with Crippen molar-refractivity contribution in [2.24, 2.45) is 0 Å². The zero-order valence-electron chi connectivity index (χ0n) is 10.3. The van der Waals surface area contributed by atoms with Gasteiger partial charge in [0, 0.05) is 5.56 Å². The predicted octanol–water partition coefficient (Wildman–Crippen LogP) is 2.25. The molecule has 0 saturated heterocycles. The van der Waals surface area contributed by atoms with Gasteiger partial charge in [0.15, 0.2) is 0 Å². The first kappa shape index (κ1) is 11.3. The third-order valence-corrected chi connectivity index (χ3v) is 3.47. The second-order valence-electron chi connectivity index (χ2n) is 4.56. The maximum Gasteiger partial charge on any atom is 0.119 e. The van der Waals surface area contributed by atoms with Crippen molar-refractivity contribution in [2.45, 2.75) is 25.4 Å². The average molecular weight is 244 g/mol. The summed E-state index contributed by atoms with van der Waals surface area (Å²) in [5, 5.41) is 14.3. The van der Waals surface area contributed by atoms with Crippen molar-refractivity contribution in [1.29, 1.82) is 0 Å². The maximum atomic E-state index is 9.93. The Morgan fingerprint density at radius 1 is 1.33 bits per heavy atom. The standard InChI is InChI=1S/C14H16N2O2/c1-18-11-7-5-10(6-8-11)16-13-3-2-4-14(17)12(13)9-15-16/h5-9,14,17H,2-4H2,1H3. The lowest BCUT2D eigenvalue weighted by Gasteiger charge is -2.18. The third-order valence-electron chi connectivity index (χ3n) is 3.47. The average Bonchev–Trinajstić information content (AvgIpc) is 2.84. The van der Waals surface area contributed by atoms with E-state index in [1.807, 2.05) is 28.9 Å². The lowest BCUT2D eigenvalue weighted by atomic mass is 9.95. The first-order chi connectivity index (χ1) is 8.79. The highest BCUT2D eigenvalue weighted by atomic mass is 16.5. The Labute approximate surface area is 106 Å². The molecule has 1 heterocycles. The number of fused-ring (bicyclic) bond motifs is 1. The third kappa shape index (κ3) is 1.78. The molecule has 0 spiro atoms. The van der Waals surface area contributed by atoms with Crippen molar-refractivity contribution < 1.29 is 9.84 Å². The molecule has 4 heteroatoms. The van der Waals surface area contributed by atoms with Crippen LogP contribution in [0.25, 0.3) is 5.69 Å². The molecule has 2 aromatic rings. The van der Waals surface area contributed by atoms with Crippen LogP contribution in [-0.2, 0) is 6.42 Å². The van der Waals surface area contributed by atoms with E-state index in [1.165, 1.54) is 0 Å². The van der Waals surface area contributed by atoms with E-state index in [2.05, 4.69) is 5.10 Å². The lowest BCUT2D eigenvalue weighted by Crippen LogP contribution is -2.11. The number of aliphatic hydroxyl groups excluding tert-OH is 1. The molecule has 1 atom stereocenters. The summed E-state index contributed by atoms with van der Waals surface area (Å²) in [5.74, 6) is 0.833.